The third kappa shape index (κ3) is 3.23. The minimum atomic E-state index is -0.493. The number of carbonyl (C=O) groups is 1. The van der Waals surface area contributed by atoms with Crippen molar-refractivity contribution in [1.29, 1.82) is 0 Å². The highest BCUT2D eigenvalue weighted by atomic mass is 16.5. The molecule has 1 aliphatic rings. The van der Waals surface area contributed by atoms with E-state index < -0.39 is 5.91 Å². The number of primary amides is 1. The van der Waals surface area contributed by atoms with Crippen molar-refractivity contribution in [3.63, 3.8) is 0 Å². The van der Waals surface area contributed by atoms with Gasteiger partial charge in [-0.25, -0.2) is 0 Å². The van der Waals surface area contributed by atoms with Crippen molar-refractivity contribution < 1.29 is 9.53 Å². The minimum absolute atomic E-state index is 0.110. The molecule has 1 heterocycles. The summed E-state index contributed by atoms with van der Waals surface area (Å²) in [6, 6.07) is 2.05. The Kier molecular flexibility index (Phi) is 4.04. The Morgan fingerprint density at radius 2 is 1.95 bits per heavy atom. The van der Waals surface area contributed by atoms with Gasteiger partial charge in [0.15, 0.2) is 0 Å². The van der Waals surface area contributed by atoms with E-state index in [1.807, 2.05) is 6.92 Å². The van der Waals surface area contributed by atoms with Gasteiger partial charge in [0.1, 0.15) is 11.3 Å². The zero-order valence-corrected chi connectivity index (χ0v) is 11.5. The van der Waals surface area contributed by atoms with Crippen LogP contribution in [0.4, 0.5) is 0 Å². The molecule has 104 valence electrons. The molecule has 1 saturated carbocycles. The number of hydrogen-bond acceptors (Lipinski definition) is 4. The third-order valence-electron chi connectivity index (χ3n) is 3.55. The van der Waals surface area contributed by atoms with Gasteiger partial charge >= 0.3 is 0 Å². The van der Waals surface area contributed by atoms with Gasteiger partial charge in [0.25, 0.3) is 5.91 Å². The van der Waals surface area contributed by atoms with Crippen LogP contribution in [0.1, 0.15) is 47.4 Å². The Morgan fingerprint density at radius 3 is 2.53 bits per heavy atom. The number of aromatic nitrogens is 1. The second-order valence-electron chi connectivity index (χ2n) is 5.24. The summed E-state index contributed by atoms with van der Waals surface area (Å²) in [5, 5.41) is 0. The summed E-state index contributed by atoms with van der Waals surface area (Å²) < 4.78 is 5.96. The van der Waals surface area contributed by atoms with Crippen LogP contribution in [-0.4, -0.2) is 23.0 Å². The topological polar surface area (TPSA) is 91.2 Å². The molecule has 0 radical (unpaired) electrons. The largest absolute Gasteiger partial charge is 0.489 e. The minimum Gasteiger partial charge on any atom is -0.489 e. The van der Waals surface area contributed by atoms with Crippen LogP contribution in [0.25, 0.3) is 0 Å². The Morgan fingerprint density at radius 1 is 1.32 bits per heavy atom. The number of pyridine rings is 1. The molecule has 0 spiro atoms. The van der Waals surface area contributed by atoms with E-state index in [9.17, 15) is 4.79 Å². The van der Waals surface area contributed by atoms with Gasteiger partial charge in [-0.1, -0.05) is 0 Å². The lowest BCUT2D eigenvalue weighted by Gasteiger charge is -2.27. The summed E-state index contributed by atoms with van der Waals surface area (Å²) in [6.45, 7) is 3.65. The lowest BCUT2D eigenvalue weighted by Crippen LogP contribution is -2.32. The average Bonchev–Trinajstić information content (AvgIpc) is 2.30. The van der Waals surface area contributed by atoms with Crippen molar-refractivity contribution in [3.8, 4) is 5.75 Å². The van der Waals surface area contributed by atoms with Gasteiger partial charge < -0.3 is 16.2 Å². The number of carbonyl (C=O) groups excluding carboxylic acids is 1. The molecule has 1 aromatic heterocycles. The maximum atomic E-state index is 11.5. The predicted octanol–water partition coefficient (Wildman–Crippen LogP) is 1.45. The second kappa shape index (κ2) is 5.57. The molecule has 0 bridgehead atoms. The van der Waals surface area contributed by atoms with Crippen molar-refractivity contribution >= 4 is 5.91 Å². The number of nitrogens with two attached hydrogens (primary N) is 2. The number of rotatable bonds is 3. The lowest BCUT2D eigenvalue weighted by atomic mass is 9.93. The van der Waals surface area contributed by atoms with Gasteiger partial charge in [0, 0.05) is 17.8 Å². The number of nitrogens with zero attached hydrogens (tertiary/aromatic N) is 1. The maximum absolute atomic E-state index is 11.5. The predicted molar refractivity (Wildman–Crippen MR) is 73.1 cm³/mol. The number of aryl methyl sites for hydroxylation is 2. The van der Waals surface area contributed by atoms with E-state index in [2.05, 4.69) is 4.98 Å². The molecule has 4 N–H and O–H groups in total. The maximum Gasteiger partial charge on any atom is 0.254 e. The molecular formula is C14H21N3O2. The Labute approximate surface area is 113 Å². The molecule has 0 aliphatic heterocycles. The normalized spacial score (nSPS) is 23.1. The van der Waals surface area contributed by atoms with Gasteiger partial charge in [-0.3, -0.25) is 9.78 Å². The van der Waals surface area contributed by atoms with E-state index >= 15 is 0 Å². The Hall–Kier alpha value is -1.62. The summed E-state index contributed by atoms with van der Waals surface area (Å²) in [5.74, 6) is 0.0606. The highest BCUT2D eigenvalue weighted by Crippen LogP contribution is 2.27. The Bertz CT molecular complexity index is 480. The fraction of sp³-hybridized carbons (Fsp3) is 0.571. The molecule has 2 rings (SSSR count). The molecule has 1 amide bonds. The summed E-state index contributed by atoms with van der Waals surface area (Å²) >= 11 is 0. The SMILES string of the molecule is Cc1cc(OC2CCC(N)CC2)c(C(N)=O)c(C)n1. The molecule has 5 heteroatoms. The van der Waals surface area contributed by atoms with Crippen LogP contribution in [0.3, 0.4) is 0 Å². The molecular weight excluding hydrogens is 242 g/mol. The van der Waals surface area contributed by atoms with Gasteiger partial charge in [-0.2, -0.15) is 0 Å². The molecule has 1 aromatic rings. The monoisotopic (exact) mass is 263 g/mol. The van der Waals surface area contributed by atoms with Crippen LogP contribution in [0.15, 0.2) is 6.07 Å². The third-order valence-corrected chi connectivity index (χ3v) is 3.55. The second-order valence-corrected chi connectivity index (χ2v) is 5.24. The zero-order chi connectivity index (χ0) is 14.0. The first kappa shape index (κ1) is 13.8. The summed E-state index contributed by atoms with van der Waals surface area (Å²) in [6.07, 6.45) is 3.86. The first-order chi connectivity index (χ1) is 8.97. The standard InChI is InChI=1S/C14H21N3O2/c1-8-7-12(13(14(16)18)9(2)17-8)19-11-5-3-10(15)4-6-11/h7,10-11H,3-6,15H2,1-2H3,(H2,16,18). The summed E-state index contributed by atoms with van der Waals surface area (Å²) in [4.78, 5) is 15.8. The van der Waals surface area contributed by atoms with E-state index in [-0.39, 0.29) is 12.1 Å². The van der Waals surface area contributed by atoms with Gasteiger partial charge in [0.05, 0.1) is 11.8 Å². The summed E-state index contributed by atoms with van der Waals surface area (Å²) in [5.41, 5.74) is 13.1. The van der Waals surface area contributed by atoms with Crippen molar-refractivity contribution in [3.05, 3.63) is 23.0 Å². The quantitative estimate of drug-likeness (QED) is 0.863. The molecule has 0 unspecified atom stereocenters. The number of amides is 1. The molecule has 0 atom stereocenters. The summed E-state index contributed by atoms with van der Waals surface area (Å²) in [7, 11) is 0. The van der Waals surface area contributed by atoms with Crippen LogP contribution in [0, 0.1) is 13.8 Å². The van der Waals surface area contributed by atoms with E-state index in [0.717, 1.165) is 31.4 Å². The molecule has 19 heavy (non-hydrogen) atoms. The smallest absolute Gasteiger partial charge is 0.254 e. The van der Waals surface area contributed by atoms with Crippen LogP contribution in [0.2, 0.25) is 0 Å². The fourth-order valence-corrected chi connectivity index (χ4v) is 2.57. The van der Waals surface area contributed by atoms with E-state index in [1.165, 1.54) is 0 Å². The van der Waals surface area contributed by atoms with Crippen molar-refractivity contribution in [2.75, 3.05) is 0 Å². The van der Waals surface area contributed by atoms with Crippen LogP contribution in [-0.2, 0) is 0 Å². The molecule has 5 nitrogen and oxygen atoms in total. The Balaban J connectivity index is 2.21. The van der Waals surface area contributed by atoms with Crippen LogP contribution < -0.4 is 16.2 Å². The zero-order valence-electron chi connectivity index (χ0n) is 11.5. The molecule has 1 fully saturated rings. The highest BCUT2D eigenvalue weighted by molar-refractivity contribution is 5.96. The van der Waals surface area contributed by atoms with Crippen molar-refractivity contribution in [2.45, 2.75) is 51.7 Å². The van der Waals surface area contributed by atoms with Gasteiger partial charge in [-0.05, 0) is 39.5 Å². The number of ether oxygens (including phenoxy) is 1. The first-order valence-corrected chi connectivity index (χ1v) is 6.67. The number of hydrogen-bond donors (Lipinski definition) is 2. The molecule has 0 saturated heterocycles. The van der Waals surface area contributed by atoms with E-state index in [1.54, 1.807) is 13.0 Å². The fourth-order valence-electron chi connectivity index (χ4n) is 2.57. The van der Waals surface area contributed by atoms with E-state index in [0.29, 0.717) is 17.0 Å². The van der Waals surface area contributed by atoms with Gasteiger partial charge in [0.2, 0.25) is 0 Å². The van der Waals surface area contributed by atoms with Crippen molar-refractivity contribution in [1.82, 2.24) is 4.98 Å². The van der Waals surface area contributed by atoms with Crippen LogP contribution in [0.5, 0.6) is 5.75 Å². The lowest BCUT2D eigenvalue weighted by molar-refractivity contribution is 0.0985. The van der Waals surface area contributed by atoms with Crippen LogP contribution >= 0.6 is 0 Å². The molecule has 0 aromatic carbocycles. The molecule has 1 aliphatic carbocycles. The highest BCUT2D eigenvalue weighted by Gasteiger charge is 2.23. The van der Waals surface area contributed by atoms with Crippen molar-refractivity contribution in [2.24, 2.45) is 11.5 Å². The van der Waals surface area contributed by atoms with Gasteiger partial charge in [-0.15, -0.1) is 0 Å². The van der Waals surface area contributed by atoms with E-state index in [4.69, 9.17) is 16.2 Å². The first-order valence-electron chi connectivity index (χ1n) is 6.67. The average molecular weight is 263 g/mol.